The molecule has 18 aromatic carbocycles. The van der Waals surface area contributed by atoms with E-state index in [1.54, 1.807) is 6.07 Å². The van der Waals surface area contributed by atoms with Gasteiger partial charge >= 0.3 is 0 Å². The van der Waals surface area contributed by atoms with Crippen molar-refractivity contribution >= 4 is 65.4 Å². The topological polar surface area (TPSA) is 155 Å². The van der Waals surface area contributed by atoms with Gasteiger partial charge in [-0.2, -0.15) is 5.26 Å². The molecule has 6 aromatic heterocycles. The number of hydrogen-bond acceptors (Lipinski definition) is 10. The minimum absolute atomic E-state index is 0.0726. The van der Waals surface area contributed by atoms with E-state index in [1.165, 1.54) is 121 Å². The molecule has 0 fully saturated rings. The second kappa shape index (κ2) is 33.5. The molecular weight excluding hydrogens is 1710 g/mol. The van der Waals surface area contributed by atoms with Crippen molar-refractivity contribution in [3.8, 4) is 159 Å². The Morgan fingerprint density at radius 1 is 0.200 bits per heavy atom. The van der Waals surface area contributed by atoms with Crippen molar-refractivity contribution in [2.75, 3.05) is 0 Å². The SMILES string of the molecule is CC1(C)c2ccccc2-c2c1ccc1c2c2ccccc2n1-c1cccc(-c2nc(-c3ccccc3)nc(-c3cccc(C#N)c3)n2)c1.CC1(C)c2ccccc2-c2c1ccc1c3ccccc3n(-c3ccc(-c4nc(-c5ccccc5)nc(-c5ccccc5)n4)cc3)c21.CC1(C)c2ccccc2-c2c1ccc1c3ccccc3n(-c3cccc(-c4nc(-c5ccccc5)nc(-c5ccccc5)n4)c3)c21. The lowest BCUT2D eigenvalue weighted by atomic mass is 9.82. The number of nitriles is 1. The largest absolute Gasteiger partial charge is 0.309 e. The first-order valence-corrected chi connectivity index (χ1v) is 47.5. The molecule has 0 spiro atoms. The Hall–Kier alpha value is -18.1. The summed E-state index contributed by atoms with van der Waals surface area (Å²) in [4.78, 5) is 44.5. The fourth-order valence-electron chi connectivity index (χ4n) is 21.8. The molecule has 13 nitrogen and oxygen atoms in total. The molecule has 0 saturated carbocycles. The summed E-state index contributed by atoms with van der Waals surface area (Å²) in [6.45, 7) is 14.0. The van der Waals surface area contributed by atoms with Crippen LogP contribution in [0.2, 0.25) is 0 Å². The van der Waals surface area contributed by atoms with Crippen LogP contribution in [-0.2, 0) is 16.2 Å². The van der Waals surface area contributed by atoms with Crippen LogP contribution < -0.4 is 0 Å². The molecule has 24 aromatic rings. The lowest BCUT2D eigenvalue weighted by Crippen LogP contribution is -2.14. The second-order valence-electron chi connectivity index (χ2n) is 37.8. The van der Waals surface area contributed by atoms with Crippen LogP contribution >= 0.6 is 0 Å². The second-order valence-corrected chi connectivity index (χ2v) is 37.8. The third-order valence-corrected chi connectivity index (χ3v) is 28.6. The van der Waals surface area contributed by atoms with Gasteiger partial charge in [0.25, 0.3) is 0 Å². The van der Waals surface area contributed by atoms with Crippen molar-refractivity contribution in [3.05, 3.63) is 470 Å². The molecule has 662 valence electrons. The van der Waals surface area contributed by atoms with Gasteiger partial charge in [0.15, 0.2) is 52.4 Å². The van der Waals surface area contributed by atoms with Crippen molar-refractivity contribution in [2.24, 2.45) is 0 Å². The minimum atomic E-state index is -0.0875. The molecule has 0 bridgehead atoms. The minimum Gasteiger partial charge on any atom is -0.309 e. The number of para-hydroxylation sites is 3. The van der Waals surface area contributed by atoms with Crippen LogP contribution in [0.15, 0.2) is 431 Å². The van der Waals surface area contributed by atoms with Crippen LogP contribution in [-0.4, -0.2) is 58.6 Å². The summed E-state index contributed by atoms with van der Waals surface area (Å²) in [5, 5.41) is 17.1. The van der Waals surface area contributed by atoms with E-state index in [2.05, 4.69) is 310 Å². The van der Waals surface area contributed by atoms with Gasteiger partial charge in [-0.05, 0) is 141 Å². The molecule has 0 amide bonds. The Morgan fingerprint density at radius 2 is 0.486 bits per heavy atom. The number of rotatable bonds is 12. The highest BCUT2D eigenvalue weighted by Gasteiger charge is 2.41. The average Bonchev–Trinajstić information content (AvgIpc) is 1.55. The zero-order chi connectivity index (χ0) is 94.1. The molecule has 13 heteroatoms. The van der Waals surface area contributed by atoms with Crippen LogP contribution in [0.25, 0.3) is 218 Å². The fraction of sp³-hybridized carbons (Fsp3) is 0.0709. The summed E-state index contributed by atoms with van der Waals surface area (Å²) in [6.07, 6.45) is 0. The summed E-state index contributed by atoms with van der Waals surface area (Å²) < 4.78 is 7.23. The van der Waals surface area contributed by atoms with Gasteiger partial charge in [0.1, 0.15) is 0 Å². The fourth-order valence-corrected chi connectivity index (χ4v) is 21.8. The molecule has 0 unspecified atom stereocenters. The molecule has 3 aliphatic carbocycles. The number of aromatic nitrogens is 12. The van der Waals surface area contributed by atoms with Gasteiger partial charge in [0.2, 0.25) is 0 Å². The Morgan fingerprint density at radius 3 is 0.879 bits per heavy atom. The Labute approximate surface area is 810 Å². The molecule has 0 N–H and O–H groups in total. The molecule has 140 heavy (non-hydrogen) atoms. The van der Waals surface area contributed by atoms with Crippen molar-refractivity contribution in [3.63, 3.8) is 0 Å². The van der Waals surface area contributed by atoms with Gasteiger partial charge in [-0.25, -0.2) is 44.9 Å². The van der Waals surface area contributed by atoms with Crippen LogP contribution in [0.5, 0.6) is 0 Å². The smallest absolute Gasteiger partial charge is 0.164 e. The predicted octanol–water partition coefficient (Wildman–Crippen LogP) is 30.7. The first-order chi connectivity index (χ1) is 68.7. The Bertz CT molecular complexity index is 9030. The summed E-state index contributed by atoms with van der Waals surface area (Å²) in [6, 6.07) is 152. The standard InChI is InChI=1S/C43H29N5.2C42H30N4/c1-43(2)34-20-8-6-18-32(34)38-35(43)22-23-37-39(38)33-19-7-9-21-36(33)48(37)31-17-11-16-30(25-31)42-46-40(28-13-4-3-5-14-28)45-41(47-42)29-15-10-12-27(24-29)26-44;1-42(2)34-22-11-9-21-33(34)37-35(42)25-24-32-31-20-10-12-23-36(31)46(38(32)37)30-19-13-18-29(26-30)41-44-39(27-14-5-3-6-15-27)43-40(45-41)28-16-7-4-8-17-28;1-42(2)34-19-11-9-18-33(34)37-35(42)26-25-32-31-17-10-12-20-36(31)46(38(32)37)30-23-21-29(22-24-30)41-44-39(27-13-5-3-6-14-27)43-40(45-41)28-15-7-4-8-16-28/h3-25H,1-2H3;2*3-26H,1-2H3. The molecule has 6 heterocycles. The summed E-state index contributed by atoms with van der Waals surface area (Å²) in [5.41, 5.74) is 35.1. The average molecular weight is 1800 g/mol. The van der Waals surface area contributed by atoms with Gasteiger partial charge < -0.3 is 13.7 Å². The highest BCUT2D eigenvalue weighted by atomic mass is 15.1. The lowest BCUT2D eigenvalue weighted by molar-refractivity contribution is 0.660. The van der Waals surface area contributed by atoms with Gasteiger partial charge in [-0.1, -0.05) is 387 Å². The maximum atomic E-state index is 9.57. The van der Waals surface area contributed by atoms with Gasteiger partial charge in [0.05, 0.1) is 44.7 Å². The van der Waals surface area contributed by atoms with Crippen LogP contribution in [0, 0.1) is 11.3 Å². The van der Waals surface area contributed by atoms with Crippen LogP contribution in [0.4, 0.5) is 0 Å². The van der Waals surface area contributed by atoms with E-state index in [1.807, 2.05) is 176 Å². The van der Waals surface area contributed by atoms with E-state index in [4.69, 9.17) is 44.9 Å². The third kappa shape index (κ3) is 13.9. The van der Waals surface area contributed by atoms with Crippen molar-refractivity contribution < 1.29 is 0 Å². The molecular formula is C127H89N13. The maximum absolute atomic E-state index is 9.57. The molecule has 0 saturated heterocycles. The number of hydrogen-bond donors (Lipinski definition) is 0. The van der Waals surface area contributed by atoms with E-state index in [-0.39, 0.29) is 16.2 Å². The normalized spacial score (nSPS) is 13.1. The predicted molar refractivity (Wildman–Crippen MR) is 569 cm³/mol. The first kappa shape index (κ1) is 83.7. The Kier molecular flexibility index (Phi) is 20.0. The van der Waals surface area contributed by atoms with Gasteiger partial charge in [-0.15, -0.1) is 0 Å². The number of nitrogens with zero attached hydrogens (tertiary/aromatic N) is 13. The van der Waals surface area contributed by atoms with Crippen molar-refractivity contribution in [2.45, 2.75) is 57.8 Å². The summed E-state index contributed by atoms with van der Waals surface area (Å²) in [7, 11) is 0. The van der Waals surface area contributed by atoms with Crippen LogP contribution in [0.1, 0.15) is 80.5 Å². The first-order valence-electron chi connectivity index (χ1n) is 47.5. The molecule has 0 aliphatic heterocycles. The van der Waals surface area contributed by atoms with Crippen molar-refractivity contribution in [1.29, 1.82) is 5.26 Å². The highest BCUT2D eigenvalue weighted by Crippen LogP contribution is 2.57. The maximum Gasteiger partial charge on any atom is 0.164 e. The zero-order valence-electron chi connectivity index (χ0n) is 77.8. The van der Waals surface area contributed by atoms with Gasteiger partial charge in [0, 0.05) is 127 Å². The van der Waals surface area contributed by atoms with E-state index in [0.717, 1.165) is 78.2 Å². The summed E-state index contributed by atoms with van der Waals surface area (Å²) >= 11 is 0. The summed E-state index contributed by atoms with van der Waals surface area (Å²) in [5.74, 6) is 5.60. The Balaban J connectivity index is 0.000000111. The van der Waals surface area contributed by atoms with Crippen molar-refractivity contribution in [1.82, 2.24) is 58.6 Å². The van der Waals surface area contributed by atoms with E-state index in [9.17, 15) is 5.26 Å². The zero-order valence-corrected chi connectivity index (χ0v) is 77.8. The molecule has 3 aliphatic rings. The monoisotopic (exact) mass is 1800 g/mol. The van der Waals surface area contributed by atoms with E-state index < -0.39 is 0 Å². The quantitative estimate of drug-likeness (QED) is 0.115. The highest BCUT2D eigenvalue weighted by molar-refractivity contribution is 6.20. The third-order valence-electron chi connectivity index (χ3n) is 28.6. The molecule has 27 rings (SSSR count). The number of benzene rings is 18. The van der Waals surface area contributed by atoms with Crippen LogP contribution in [0.3, 0.4) is 0 Å². The number of fused-ring (bicyclic) bond motifs is 21. The lowest BCUT2D eigenvalue weighted by Gasteiger charge is -2.21. The van der Waals surface area contributed by atoms with Gasteiger partial charge in [-0.3, -0.25) is 0 Å². The molecule has 0 radical (unpaired) electrons. The molecule has 0 atom stereocenters. The van der Waals surface area contributed by atoms with E-state index in [0.29, 0.717) is 58.0 Å². The van der Waals surface area contributed by atoms with E-state index >= 15 is 0 Å².